The van der Waals surface area contributed by atoms with Crippen molar-refractivity contribution in [3.8, 4) is 0 Å². The molecule has 0 saturated heterocycles. The summed E-state index contributed by atoms with van der Waals surface area (Å²) in [5.41, 5.74) is 2.64. The van der Waals surface area contributed by atoms with E-state index in [1.54, 1.807) is 0 Å². The molecule has 0 aromatic heterocycles. The van der Waals surface area contributed by atoms with Gasteiger partial charge in [-0.15, -0.1) is 0 Å². The molecule has 106 valence electrons. The molecule has 0 bridgehead atoms. The molecule has 1 N–H and O–H groups in total. The van der Waals surface area contributed by atoms with Crippen LogP contribution in [-0.2, 0) is 0 Å². The van der Waals surface area contributed by atoms with Gasteiger partial charge in [-0.3, -0.25) is 0 Å². The number of nitrogens with one attached hydrogen (secondary N) is 1. The molecule has 2 nitrogen and oxygen atoms in total. The average Bonchev–Trinajstić information content (AvgIpc) is 2.53. The van der Waals surface area contributed by atoms with Crippen LogP contribution >= 0.6 is 0 Å². The van der Waals surface area contributed by atoms with E-state index in [0.29, 0.717) is 6.04 Å². The fourth-order valence-electron chi connectivity index (χ4n) is 2.50. The summed E-state index contributed by atoms with van der Waals surface area (Å²) >= 11 is 0. The van der Waals surface area contributed by atoms with Crippen LogP contribution in [0.2, 0.25) is 0 Å². The van der Waals surface area contributed by atoms with Crippen molar-refractivity contribution >= 4 is 5.69 Å². The van der Waals surface area contributed by atoms with E-state index in [1.807, 2.05) is 0 Å². The standard InChI is InChI=1S/C18H24N2/c1-3-19-18(16-11-7-5-8-12-16)15-20(4-2)17-13-9-6-10-14-17/h5-14,18-19H,3-4,15H2,1-2H3. The zero-order valence-electron chi connectivity index (χ0n) is 12.4. The van der Waals surface area contributed by atoms with Crippen LogP contribution in [0.5, 0.6) is 0 Å². The van der Waals surface area contributed by atoms with Crippen molar-refractivity contribution < 1.29 is 0 Å². The zero-order chi connectivity index (χ0) is 14.2. The number of anilines is 1. The first-order chi connectivity index (χ1) is 9.85. The normalized spacial score (nSPS) is 12.1. The Hall–Kier alpha value is -1.80. The number of hydrogen-bond donors (Lipinski definition) is 1. The highest BCUT2D eigenvalue weighted by Gasteiger charge is 2.14. The van der Waals surface area contributed by atoms with E-state index >= 15 is 0 Å². The first-order valence-electron chi connectivity index (χ1n) is 7.43. The van der Waals surface area contributed by atoms with E-state index in [0.717, 1.165) is 19.6 Å². The average molecular weight is 268 g/mol. The van der Waals surface area contributed by atoms with Gasteiger partial charge in [-0.1, -0.05) is 55.5 Å². The minimum atomic E-state index is 0.362. The number of rotatable bonds is 7. The summed E-state index contributed by atoms with van der Waals surface area (Å²) in [5, 5.41) is 3.59. The van der Waals surface area contributed by atoms with Gasteiger partial charge < -0.3 is 10.2 Å². The second-order valence-corrected chi connectivity index (χ2v) is 4.90. The van der Waals surface area contributed by atoms with Crippen molar-refractivity contribution in [2.75, 3.05) is 24.5 Å². The van der Waals surface area contributed by atoms with E-state index in [4.69, 9.17) is 0 Å². The molecule has 20 heavy (non-hydrogen) atoms. The third-order valence-electron chi connectivity index (χ3n) is 3.56. The number of hydrogen-bond acceptors (Lipinski definition) is 2. The van der Waals surface area contributed by atoms with Gasteiger partial charge in [0.1, 0.15) is 0 Å². The van der Waals surface area contributed by atoms with E-state index in [2.05, 4.69) is 84.7 Å². The molecule has 2 aromatic rings. The third-order valence-corrected chi connectivity index (χ3v) is 3.56. The molecule has 0 heterocycles. The summed E-state index contributed by atoms with van der Waals surface area (Å²) in [4.78, 5) is 2.42. The highest BCUT2D eigenvalue weighted by atomic mass is 15.1. The van der Waals surface area contributed by atoms with Gasteiger partial charge in [-0.25, -0.2) is 0 Å². The van der Waals surface area contributed by atoms with E-state index < -0.39 is 0 Å². The van der Waals surface area contributed by atoms with Gasteiger partial charge in [0, 0.05) is 24.8 Å². The lowest BCUT2D eigenvalue weighted by atomic mass is 10.1. The van der Waals surface area contributed by atoms with Crippen molar-refractivity contribution in [3.05, 3.63) is 66.2 Å². The van der Waals surface area contributed by atoms with Crippen molar-refractivity contribution in [1.82, 2.24) is 5.32 Å². The third kappa shape index (κ3) is 3.84. The van der Waals surface area contributed by atoms with Crippen molar-refractivity contribution in [2.45, 2.75) is 19.9 Å². The van der Waals surface area contributed by atoms with Crippen LogP contribution in [0.25, 0.3) is 0 Å². The fourth-order valence-corrected chi connectivity index (χ4v) is 2.50. The number of nitrogens with zero attached hydrogens (tertiary/aromatic N) is 1. The van der Waals surface area contributed by atoms with Crippen LogP contribution in [0.3, 0.4) is 0 Å². The Morgan fingerprint density at radius 3 is 2.05 bits per heavy atom. The van der Waals surface area contributed by atoms with Crippen molar-refractivity contribution in [1.29, 1.82) is 0 Å². The Morgan fingerprint density at radius 1 is 0.900 bits per heavy atom. The summed E-state index contributed by atoms with van der Waals surface area (Å²) in [6.07, 6.45) is 0. The molecule has 1 unspecified atom stereocenters. The summed E-state index contributed by atoms with van der Waals surface area (Å²) in [7, 11) is 0. The molecular formula is C18H24N2. The first kappa shape index (κ1) is 14.6. The second-order valence-electron chi connectivity index (χ2n) is 4.90. The van der Waals surface area contributed by atoms with Gasteiger partial charge in [-0.05, 0) is 31.2 Å². The molecule has 2 rings (SSSR count). The SMILES string of the molecule is CCNC(CN(CC)c1ccccc1)c1ccccc1. The van der Waals surface area contributed by atoms with E-state index in [-0.39, 0.29) is 0 Å². The number of para-hydroxylation sites is 1. The summed E-state index contributed by atoms with van der Waals surface area (Å²) in [6.45, 7) is 7.35. The smallest absolute Gasteiger partial charge is 0.0498 e. The monoisotopic (exact) mass is 268 g/mol. The first-order valence-corrected chi connectivity index (χ1v) is 7.43. The molecule has 2 heteroatoms. The molecule has 0 fully saturated rings. The van der Waals surface area contributed by atoms with Crippen LogP contribution < -0.4 is 10.2 Å². The summed E-state index contributed by atoms with van der Waals surface area (Å²) in [5.74, 6) is 0. The Bertz CT molecular complexity index is 481. The van der Waals surface area contributed by atoms with E-state index in [1.165, 1.54) is 11.3 Å². The van der Waals surface area contributed by atoms with Crippen LogP contribution in [0.15, 0.2) is 60.7 Å². The van der Waals surface area contributed by atoms with Crippen molar-refractivity contribution in [2.24, 2.45) is 0 Å². The minimum absolute atomic E-state index is 0.362. The lowest BCUT2D eigenvalue weighted by Gasteiger charge is -2.29. The Labute approximate surface area is 122 Å². The van der Waals surface area contributed by atoms with Gasteiger partial charge in [0.15, 0.2) is 0 Å². The van der Waals surface area contributed by atoms with Gasteiger partial charge in [0.2, 0.25) is 0 Å². The van der Waals surface area contributed by atoms with Crippen LogP contribution in [0.4, 0.5) is 5.69 Å². The Kier molecular flexibility index (Phi) is 5.63. The molecular weight excluding hydrogens is 244 g/mol. The van der Waals surface area contributed by atoms with Gasteiger partial charge >= 0.3 is 0 Å². The maximum atomic E-state index is 3.59. The van der Waals surface area contributed by atoms with E-state index in [9.17, 15) is 0 Å². The predicted octanol–water partition coefficient (Wildman–Crippen LogP) is 3.86. The lowest BCUT2D eigenvalue weighted by Crippen LogP contribution is -2.35. The molecule has 0 saturated carbocycles. The van der Waals surface area contributed by atoms with Crippen molar-refractivity contribution in [3.63, 3.8) is 0 Å². The van der Waals surface area contributed by atoms with Crippen LogP contribution in [-0.4, -0.2) is 19.6 Å². The maximum Gasteiger partial charge on any atom is 0.0498 e. The molecule has 0 aliphatic heterocycles. The highest BCUT2D eigenvalue weighted by molar-refractivity contribution is 5.46. The van der Waals surface area contributed by atoms with Gasteiger partial charge in [-0.2, -0.15) is 0 Å². The predicted molar refractivity (Wildman–Crippen MR) is 87.2 cm³/mol. The fraction of sp³-hybridized carbons (Fsp3) is 0.333. The quantitative estimate of drug-likeness (QED) is 0.820. The number of likely N-dealkylation sites (N-methyl/N-ethyl adjacent to an activating group) is 2. The molecule has 0 aliphatic rings. The summed E-state index contributed by atoms with van der Waals surface area (Å²) < 4.78 is 0. The Balaban J connectivity index is 2.14. The topological polar surface area (TPSA) is 15.3 Å². The molecule has 1 atom stereocenters. The highest BCUT2D eigenvalue weighted by Crippen LogP contribution is 2.19. The van der Waals surface area contributed by atoms with Gasteiger partial charge in [0.05, 0.1) is 0 Å². The largest absolute Gasteiger partial charge is 0.370 e. The molecule has 0 radical (unpaired) electrons. The lowest BCUT2D eigenvalue weighted by molar-refractivity contribution is 0.541. The van der Waals surface area contributed by atoms with Gasteiger partial charge in [0.25, 0.3) is 0 Å². The zero-order valence-corrected chi connectivity index (χ0v) is 12.4. The summed E-state index contributed by atoms with van der Waals surface area (Å²) in [6, 6.07) is 21.7. The maximum absolute atomic E-state index is 3.59. The molecule has 2 aromatic carbocycles. The molecule has 0 amide bonds. The van der Waals surface area contributed by atoms with Crippen LogP contribution in [0, 0.1) is 0 Å². The second kappa shape index (κ2) is 7.71. The van der Waals surface area contributed by atoms with Crippen LogP contribution in [0.1, 0.15) is 25.5 Å². The minimum Gasteiger partial charge on any atom is -0.370 e. The molecule has 0 spiro atoms. The molecule has 0 aliphatic carbocycles. The number of benzene rings is 2. The Morgan fingerprint density at radius 2 is 1.50 bits per heavy atom.